The molecular formula is C30H44O10. The molecule has 1 aliphatic heterocycles. The first kappa shape index (κ1) is 28.7. The molecule has 10 heteroatoms. The Morgan fingerprint density at radius 3 is 2.45 bits per heavy atom. The zero-order valence-electron chi connectivity index (χ0n) is 23.3. The Balaban J connectivity index is 1.18. The maximum atomic E-state index is 12.4. The van der Waals surface area contributed by atoms with Crippen molar-refractivity contribution in [3.05, 3.63) is 34.4 Å². The zero-order valence-corrected chi connectivity index (χ0v) is 23.3. The fraction of sp³-hybridized carbons (Fsp3) is 0.833. The van der Waals surface area contributed by atoms with E-state index >= 15 is 0 Å². The number of rotatable bonds is 4. The molecule has 0 aromatic carbocycles. The van der Waals surface area contributed by atoms with Crippen LogP contribution in [0.25, 0.3) is 0 Å². The van der Waals surface area contributed by atoms with Crippen LogP contribution in [0.4, 0.5) is 0 Å². The largest absolute Gasteiger partial charge is 0.431 e. The number of aliphatic hydroxyl groups excluding tert-OH is 5. The molecule has 6 rings (SSSR count). The van der Waals surface area contributed by atoms with Crippen molar-refractivity contribution in [1.82, 2.24) is 0 Å². The van der Waals surface area contributed by atoms with Crippen LogP contribution in [0.1, 0.15) is 76.7 Å². The molecule has 0 bridgehead atoms. The summed E-state index contributed by atoms with van der Waals surface area (Å²) in [6.07, 6.45) is 0.228. The summed E-state index contributed by atoms with van der Waals surface area (Å²) in [5, 5.41) is 63.9. The zero-order chi connectivity index (χ0) is 28.6. The van der Waals surface area contributed by atoms with Crippen LogP contribution >= 0.6 is 0 Å². The van der Waals surface area contributed by atoms with Gasteiger partial charge in [0, 0.05) is 23.8 Å². The summed E-state index contributed by atoms with van der Waals surface area (Å²) in [6, 6.07) is 3.10. The van der Waals surface area contributed by atoms with Crippen LogP contribution < -0.4 is 5.63 Å². The number of hydrogen-bond donors (Lipinski definition) is 6. The molecule has 4 aliphatic carbocycles. The minimum atomic E-state index is -1.46. The van der Waals surface area contributed by atoms with Gasteiger partial charge in [-0.3, -0.25) is 0 Å². The third-order valence-electron chi connectivity index (χ3n) is 12.1. The topological polar surface area (TPSA) is 170 Å². The van der Waals surface area contributed by atoms with Gasteiger partial charge in [0.05, 0.1) is 30.7 Å². The van der Waals surface area contributed by atoms with Crippen LogP contribution in [0.3, 0.4) is 0 Å². The molecule has 0 radical (unpaired) electrons. The highest BCUT2D eigenvalue weighted by molar-refractivity contribution is 5.29. The van der Waals surface area contributed by atoms with Crippen LogP contribution in [-0.4, -0.2) is 85.8 Å². The first-order valence-electron chi connectivity index (χ1n) is 14.9. The van der Waals surface area contributed by atoms with E-state index in [0.29, 0.717) is 12.3 Å². The van der Waals surface area contributed by atoms with Crippen molar-refractivity contribution in [2.75, 3.05) is 6.61 Å². The predicted molar refractivity (Wildman–Crippen MR) is 141 cm³/mol. The SMILES string of the molecule is CC12CCC(OC3OC(CO)C(O)C(O)C3O)CC1CCC1C2CCC2(C)C(c3ccc(=O)oc3)C(O)CC12O. The highest BCUT2D eigenvalue weighted by Crippen LogP contribution is 2.70. The van der Waals surface area contributed by atoms with Crippen LogP contribution in [0.2, 0.25) is 0 Å². The van der Waals surface area contributed by atoms with E-state index in [1.165, 1.54) is 12.3 Å². The third-order valence-corrected chi connectivity index (χ3v) is 12.1. The summed E-state index contributed by atoms with van der Waals surface area (Å²) in [7, 11) is 0. The predicted octanol–water partition coefficient (Wildman–Crippen LogP) is 1.04. The lowest BCUT2D eigenvalue weighted by atomic mass is 9.43. The summed E-state index contributed by atoms with van der Waals surface area (Å²) in [6.45, 7) is 3.93. The molecule has 14 unspecified atom stereocenters. The summed E-state index contributed by atoms with van der Waals surface area (Å²) in [5.41, 5.74) is -1.27. The first-order valence-corrected chi connectivity index (χ1v) is 14.9. The molecule has 1 saturated heterocycles. The van der Waals surface area contributed by atoms with Crippen molar-refractivity contribution in [2.24, 2.45) is 28.6 Å². The molecule has 5 fully saturated rings. The fourth-order valence-corrected chi connectivity index (χ4v) is 9.86. The van der Waals surface area contributed by atoms with Gasteiger partial charge in [-0.25, -0.2) is 4.79 Å². The molecule has 4 saturated carbocycles. The van der Waals surface area contributed by atoms with Crippen molar-refractivity contribution in [3.8, 4) is 0 Å². The van der Waals surface area contributed by atoms with Crippen LogP contribution in [0.5, 0.6) is 0 Å². The van der Waals surface area contributed by atoms with Crippen molar-refractivity contribution >= 4 is 0 Å². The van der Waals surface area contributed by atoms with Gasteiger partial charge < -0.3 is 44.5 Å². The lowest BCUT2D eigenvalue weighted by Gasteiger charge is -2.63. The molecule has 224 valence electrons. The molecular weight excluding hydrogens is 520 g/mol. The second kappa shape index (κ2) is 10.1. The standard InChI is InChI=1S/C30H44O10/c1-28-9-7-17(39-27-26(36)25(35)24(34)21(13-31)40-27)11-16(28)4-5-19-18(28)8-10-29(2)23(20(32)12-30(19,29)37)15-3-6-22(33)38-14-15/h3,6,14,16-21,23-27,31-32,34-37H,4-5,7-13H2,1-2H3. The highest BCUT2D eigenvalue weighted by Gasteiger charge is 2.69. The monoisotopic (exact) mass is 564 g/mol. The second-order valence-electron chi connectivity index (χ2n) is 13.7. The Kier molecular flexibility index (Phi) is 7.27. The van der Waals surface area contributed by atoms with Gasteiger partial charge in [0.1, 0.15) is 24.4 Å². The van der Waals surface area contributed by atoms with Crippen LogP contribution in [0, 0.1) is 28.6 Å². The fourth-order valence-electron chi connectivity index (χ4n) is 9.86. The van der Waals surface area contributed by atoms with Crippen molar-refractivity contribution in [3.63, 3.8) is 0 Å². The molecule has 0 amide bonds. The summed E-state index contributed by atoms with van der Waals surface area (Å²) in [4.78, 5) is 11.6. The molecule has 1 aromatic heterocycles. The first-order chi connectivity index (χ1) is 18.9. The molecule has 2 heterocycles. The van der Waals surface area contributed by atoms with Gasteiger partial charge in [-0.1, -0.05) is 13.8 Å². The molecule has 6 N–H and O–H groups in total. The number of aliphatic hydroxyl groups is 6. The Morgan fingerprint density at radius 2 is 1.75 bits per heavy atom. The van der Waals surface area contributed by atoms with Gasteiger partial charge >= 0.3 is 5.63 Å². The summed E-state index contributed by atoms with van der Waals surface area (Å²) < 4.78 is 16.9. The van der Waals surface area contributed by atoms with Gasteiger partial charge in [0.25, 0.3) is 0 Å². The molecule has 0 spiro atoms. The van der Waals surface area contributed by atoms with E-state index in [9.17, 15) is 35.4 Å². The maximum Gasteiger partial charge on any atom is 0.335 e. The lowest BCUT2D eigenvalue weighted by molar-refractivity contribution is -0.317. The number of ether oxygens (including phenoxy) is 2. The quantitative estimate of drug-likeness (QED) is 0.291. The van der Waals surface area contributed by atoms with E-state index in [4.69, 9.17) is 13.9 Å². The average Bonchev–Trinajstić information content (AvgIpc) is 3.14. The number of fused-ring (bicyclic) bond motifs is 5. The summed E-state index contributed by atoms with van der Waals surface area (Å²) in [5.74, 6) is 0.370. The van der Waals surface area contributed by atoms with Gasteiger partial charge in [0.15, 0.2) is 6.29 Å². The van der Waals surface area contributed by atoms with Crippen molar-refractivity contribution in [1.29, 1.82) is 0 Å². The Morgan fingerprint density at radius 1 is 0.975 bits per heavy atom. The van der Waals surface area contributed by atoms with E-state index in [-0.39, 0.29) is 29.3 Å². The molecule has 1 aromatic rings. The van der Waals surface area contributed by atoms with Crippen LogP contribution in [0.15, 0.2) is 27.6 Å². The minimum absolute atomic E-state index is 0.0161. The van der Waals surface area contributed by atoms with E-state index < -0.39 is 60.1 Å². The number of hydrogen-bond acceptors (Lipinski definition) is 10. The average molecular weight is 565 g/mol. The lowest BCUT2D eigenvalue weighted by Crippen LogP contribution is -2.62. The Hall–Kier alpha value is -1.37. The maximum absolute atomic E-state index is 12.4. The normalized spacial score (nSPS) is 52.5. The second-order valence-corrected chi connectivity index (χ2v) is 13.7. The minimum Gasteiger partial charge on any atom is -0.431 e. The Labute approximate surface area is 233 Å². The van der Waals surface area contributed by atoms with Gasteiger partial charge in [-0.2, -0.15) is 0 Å². The smallest absolute Gasteiger partial charge is 0.335 e. The van der Waals surface area contributed by atoms with E-state index in [2.05, 4.69) is 13.8 Å². The van der Waals surface area contributed by atoms with E-state index in [0.717, 1.165) is 50.5 Å². The van der Waals surface area contributed by atoms with Crippen molar-refractivity contribution in [2.45, 2.75) is 120 Å². The van der Waals surface area contributed by atoms with Gasteiger partial charge in [0.2, 0.25) is 0 Å². The van der Waals surface area contributed by atoms with Crippen molar-refractivity contribution < 1.29 is 44.5 Å². The summed E-state index contributed by atoms with van der Waals surface area (Å²) >= 11 is 0. The van der Waals surface area contributed by atoms with E-state index in [1.54, 1.807) is 6.07 Å². The van der Waals surface area contributed by atoms with Gasteiger partial charge in [-0.15, -0.1) is 0 Å². The molecule has 40 heavy (non-hydrogen) atoms. The molecule has 14 atom stereocenters. The van der Waals surface area contributed by atoms with Crippen LogP contribution in [-0.2, 0) is 9.47 Å². The Bertz CT molecular complexity index is 1120. The highest BCUT2D eigenvalue weighted by atomic mass is 16.7. The third kappa shape index (κ3) is 4.17. The van der Waals surface area contributed by atoms with Gasteiger partial charge in [-0.05, 0) is 79.7 Å². The van der Waals surface area contributed by atoms with E-state index in [1.807, 2.05) is 0 Å². The molecule has 5 aliphatic rings. The molecule has 10 nitrogen and oxygen atoms in total.